The van der Waals surface area contributed by atoms with Gasteiger partial charge < -0.3 is 4.74 Å². The Morgan fingerprint density at radius 3 is 2.60 bits per heavy atom. The van der Waals surface area contributed by atoms with Crippen molar-refractivity contribution in [2.75, 3.05) is 6.61 Å². The predicted molar refractivity (Wildman–Crippen MR) is 41.9 cm³/mol. The summed E-state index contributed by atoms with van der Waals surface area (Å²) in [7, 11) is 0. The Morgan fingerprint density at radius 2 is 2.00 bits per heavy atom. The summed E-state index contributed by atoms with van der Waals surface area (Å²) >= 11 is 0. The highest BCUT2D eigenvalue weighted by molar-refractivity contribution is 5.20. The molecule has 0 atom stereocenters. The van der Waals surface area contributed by atoms with E-state index in [-0.39, 0.29) is 0 Å². The Hall–Kier alpha value is -0.980. The van der Waals surface area contributed by atoms with Gasteiger partial charge in [0.2, 0.25) is 0 Å². The van der Waals surface area contributed by atoms with Crippen LogP contribution in [0.3, 0.4) is 0 Å². The van der Waals surface area contributed by atoms with Gasteiger partial charge in [0, 0.05) is 0 Å². The molecule has 0 fully saturated rings. The maximum Gasteiger partial charge on any atom is 0.119 e. The summed E-state index contributed by atoms with van der Waals surface area (Å²) in [6.07, 6.45) is 1.98. The summed E-state index contributed by atoms with van der Waals surface area (Å²) in [5.74, 6) is 0.931. The second-order valence-electron chi connectivity index (χ2n) is 2.03. The molecule has 1 aromatic carbocycles. The second-order valence-corrected chi connectivity index (χ2v) is 2.03. The van der Waals surface area contributed by atoms with Crippen molar-refractivity contribution in [3.8, 4) is 5.75 Å². The van der Waals surface area contributed by atoms with E-state index in [9.17, 15) is 0 Å². The van der Waals surface area contributed by atoms with Crippen LogP contribution in [0.25, 0.3) is 0 Å². The highest BCUT2D eigenvalue weighted by Gasteiger charge is 1.86. The average Bonchev–Trinajstić information content (AvgIpc) is 2.03. The lowest BCUT2D eigenvalue weighted by atomic mass is 10.3. The maximum atomic E-state index is 5.30. The van der Waals surface area contributed by atoms with Crippen LogP contribution in [0.1, 0.15) is 6.92 Å². The maximum absolute atomic E-state index is 5.30. The molecule has 0 amide bonds. The SMILES string of the molecule is C[CH]COc1ccccc1. The minimum atomic E-state index is 0.685. The first-order chi connectivity index (χ1) is 4.93. The van der Waals surface area contributed by atoms with Gasteiger partial charge in [-0.2, -0.15) is 0 Å². The van der Waals surface area contributed by atoms with Crippen molar-refractivity contribution >= 4 is 0 Å². The van der Waals surface area contributed by atoms with E-state index in [1.807, 2.05) is 43.7 Å². The van der Waals surface area contributed by atoms with Crippen molar-refractivity contribution in [3.05, 3.63) is 36.8 Å². The normalized spacial score (nSPS) is 9.30. The molecular weight excluding hydrogens is 124 g/mol. The molecule has 0 heterocycles. The van der Waals surface area contributed by atoms with Crippen LogP contribution in [0.5, 0.6) is 5.75 Å². The molecule has 53 valence electrons. The number of ether oxygens (including phenoxy) is 1. The van der Waals surface area contributed by atoms with Crippen LogP contribution >= 0.6 is 0 Å². The van der Waals surface area contributed by atoms with Crippen LogP contribution in [0, 0.1) is 6.42 Å². The van der Waals surface area contributed by atoms with Crippen LogP contribution in [0.2, 0.25) is 0 Å². The number of rotatable bonds is 3. The van der Waals surface area contributed by atoms with Crippen LogP contribution in [-0.2, 0) is 0 Å². The largest absolute Gasteiger partial charge is 0.493 e. The van der Waals surface area contributed by atoms with E-state index < -0.39 is 0 Å². The average molecular weight is 135 g/mol. The molecule has 1 radical (unpaired) electrons. The smallest absolute Gasteiger partial charge is 0.119 e. The fourth-order valence-electron chi connectivity index (χ4n) is 0.696. The Morgan fingerprint density at radius 1 is 1.30 bits per heavy atom. The summed E-state index contributed by atoms with van der Waals surface area (Å²) in [5, 5.41) is 0. The van der Waals surface area contributed by atoms with E-state index in [0.717, 1.165) is 5.75 Å². The molecule has 1 heteroatoms. The topological polar surface area (TPSA) is 9.23 Å². The van der Waals surface area contributed by atoms with Gasteiger partial charge in [-0.15, -0.1) is 0 Å². The summed E-state index contributed by atoms with van der Waals surface area (Å²) in [5.41, 5.74) is 0. The summed E-state index contributed by atoms with van der Waals surface area (Å²) in [4.78, 5) is 0. The van der Waals surface area contributed by atoms with Gasteiger partial charge in [0.25, 0.3) is 0 Å². The highest BCUT2D eigenvalue weighted by atomic mass is 16.5. The molecule has 0 aliphatic heterocycles. The van der Waals surface area contributed by atoms with Gasteiger partial charge in [-0.25, -0.2) is 0 Å². The lowest BCUT2D eigenvalue weighted by Gasteiger charge is -2.01. The lowest BCUT2D eigenvalue weighted by Crippen LogP contribution is -1.94. The van der Waals surface area contributed by atoms with E-state index in [1.165, 1.54) is 0 Å². The first-order valence-electron chi connectivity index (χ1n) is 3.39. The Balaban J connectivity index is 2.43. The standard InChI is InChI=1S/C9H11O/c1-2-8-10-9-6-4-3-5-7-9/h2-7H,8H2,1H3. The third kappa shape index (κ3) is 2.09. The van der Waals surface area contributed by atoms with Gasteiger partial charge in [-0.05, 0) is 18.6 Å². The van der Waals surface area contributed by atoms with Crippen molar-refractivity contribution in [2.45, 2.75) is 6.92 Å². The highest BCUT2D eigenvalue weighted by Crippen LogP contribution is 2.07. The van der Waals surface area contributed by atoms with Gasteiger partial charge in [0.1, 0.15) is 5.75 Å². The molecule has 0 aliphatic carbocycles. The van der Waals surface area contributed by atoms with Crippen molar-refractivity contribution in [3.63, 3.8) is 0 Å². The zero-order valence-corrected chi connectivity index (χ0v) is 6.08. The van der Waals surface area contributed by atoms with Crippen molar-refractivity contribution in [1.82, 2.24) is 0 Å². The molecule has 1 nitrogen and oxygen atoms in total. The van der Waals surface area contributed by atoms with Gasteiger partial charge in [0.15, 0.2) is 0 Å². The summed E-state index contributed by atoms with van der Waals surface area (Å²) in [6.45, 7) is 2.66. The van der Waals surface area contributed by atoms with E-state index in [4.69, 9.17) is 4.74 Å². The monoisotopic (exact) mass is 135 g/mol. The summed E-state index contributed by atoms with van der Waals surface area (Å²) in [6, 6.07) is 9.80. The minimum Gasteiger partial charge on any atom is -0.493 e. The molecule has 10 heavy (non-hydrogen) atoms. The number of para-hydroxylation sites is 1. The zero-order valence-electron chi connectivity index (χ0n) is 6.08. The molecule has 0 aromatic heterocycles. The summed E-state index contributed by atoms with van der Waals surface area (Å²) < 4.78 is 5.30. The molecule has 1 rings (SSSR count). The molecule has 0 N–H and O–H groups in total. The Labute approximate surface area is 61.6 Å². The fourth-order valence-corrected chi connectivity index (χ4v) is 0.696. The zero-order chi connectivity index (χ0) is 7.23. The number of benzene rings is 1. The van der Waals surface area contributed by atoms with Gasteiger partial charge in [0.05, 0.1) is 6.61 Å². The van der Waals surface area contributed by atoms with Crippen molar-refractivity contribution in [1.29, 1.82) is 0 Å². The van der Waals surface area contributed by atoms with E-state index in [2.05, 4.69) is 0 Å². The first-order valence-corrected chi connectivity index (χ1v) is 3.39. The van der Waals surface area contributed by atoms with Crippen molar-refractivity contribution in [2.24, 2.45) is 0 Å². The van der Waals surface area contributed by atoms with E-state index in [0.29, 0.717) is 6.61 Å². The Kier molecular flexibility index (Phi) is 2.81. The number of hydrogen-bond acceptors (Lipinski definition) is 1. The van der Waals surface area contributed by atoms with Crippen molar-refractivity contribution < 1.29 is 4.74 Å². The van der Waals surface area contributed by atoms with Gasteiger partial charge >= 0.3 is 0 Å². The molecule has 0 saturated heterocycles. The third-order valence-electron chi connectivity index (χ3n) is 1.16. The van der Waals surface area contributed by atoms with Crippen LogP contribution in [0.4, 0.5) is 0 Å². The molecule has 0 spiro atoms. The third-order valence-corrected chi connectivity index (χ3v) is 1.16. The first kappa shape index (κ1) is 7.13. The molecule has 0 bridgehead atoms. The molecule has 0 aliphatic rings. The molecular formula is C9H11O. The Bertz CT molecular complexity index is 169. The van der Waals surface area contributed by atoms with Crippen LogP contribution in [0.15, 0.2) is 30.3 Å². The van der Waals surface area contributed by atoms with Crippen LogP contribution in [-0.4, -0.2) is 6.61 Å². The van der Waals surface area contributed by atoms with E-state index >= 15 is 0 Å². The fraction of sp³-hybridized carbons (Fsp3) is 0.222. The molecule has 0 unspecified atom stereocenters. The predicted octanol–water partition coefficient (Wildman–Crippen LogP) is 2.29. The second kappa shape index (κ2) is 3.94. The molecule has 1 aromatic rings. The van der Waals surface area contributed by atoms with Crippen LogP contribution < -0.4 is 4.74 Å². The lowest BCUT2D eigenvalue weighted by molar-refractivity contribution is 0.349. The molecule has 0 saturated carbocycles. The van der Waals surface area contributed by atoms with Gasteiger partial charge in [-0.3, -0.25) is 0 Å². The number of hydrogen-bond donors (Lipinski definition) is 0. The van der Waals surface area contributed by atoms with Gasteiger partial charge in [-0.1, -0.05) is 25.1 Å². The minimum absolute atomic E-state index is 0.685. The quantitative estimate of drug-likeness (QED) is 0.617. The van der Waals surface area contributed by atoms with E-state index in [1.54, 1.807) is 0 Å².